The number of hydrogen-bond acceptors (Lipinski definition) is 9. The highest BCUT2D eigenvalue weighted by Gasteiger charge is 2.42. The summed E-state index contributed by atoms with van der Waals surface area (Å²) in [6, 6.07) is 3.18. The van der Waals surface area contributed by atoms with Crippen LogP contribution in [0.2, 0.25) is 0 Å². The maximum Gasteiger partial charge on any atom is 0.423 e. The Bertz CT molecular complexity index is 1420. The Balaban J connectivity index is 1.15. The summed E-state index contributed by atoms with van der Waals surface area (Å²) in [4.78, 5) is 35.9. The summed E-state index contributed by atoms with van der Waals surface area (Å²) >= 11 is 5.90. The molecule has 2 aromatic heterocycles. The van der Waals surface area contributed by atoms with Crippen LogP contribution in [0.4, 0.5) is 30.4 Å². The number of rotatable bonds is 9. The van der Waals surface area contributed by atoms with Gasteiger partial charge in [0.15, 0.2) is 5.82 Å². The highest BCUT2D eigenvalue weighted by atomic mass is 32.1. The van der Waals surface area contributed by atoms with Gasteiger partial charge in [0.1, 0.15) is 16.6 Å². The zero-order valence-electron chi connectivity index (χ0n) is 22.3. The number of aromatic amines is 1. The summed E-state index contributed by atoms with van der Waals surface area (Å²) in [5, 5.41) is 17.2. The molecule has 11 nitrogen and oxygen atoms in total. The lowest BCUT2D eigenvalue weighted by Gasteiger charge is -2.49. The number of carbonyl (C=O) groups is 1. The Morgan fingerprint density at radius 3 is 2.83 bits per heavy atom. The fourth-order valence-corrected chi connectivity index (χ4v) is 5.50. The first kappa shape index (κ1) is 28.7. The third-order valence-electron chi connectivity index (χ3n) is 7.33. The van der Waals surface area contributed by atoms with Gasteiger partial charge in [-0.2, -0.15) is 23.5 Å². The Morgan fingerprint density at radius 1 is 1.34 bits per heavy atom. The lowest BCUT2D eigenvalue weighted by atomic mass is 10.0. The predicted molar refractivity (Wildman–Crippen MR) is 148 cm³/mol. The Kier molecular flexibility index (Phi) is 8.14. The number of anilines is 3. The molecule has 2 N–H and O–H groups in total. The molecular formula is C26H29F3N8O3S. The van der Waals surface area contributed by atoms with Crippen LogP contribution in [0.15, 0.2) is 23.3 Å². The molecule has 0 radical (unpaired) electrons. The first-order valence-corrected chi connectivity index (χ1v) is 13.7. The van der Waals surface area contributed by atoms with Gasteiger partial charge in [0.25, 0.3) is 5.56 Å². The van der Waals surface area contributed by atoms with E-state index in [9.17, 15) is 28.0 Å². The number of piperazine rings is 1. The number of nitrogens with zero attached hydrogens (tertiary/aromatic N) is 6. The molecule has 0 spiro atoms. The zero-order valence-corrected chi connectivity index (χ0v) is 23.1. The minimum atomic E-state index is -4.84. The average molecular weight is 591 g/mol. The van der Waals surface area contributed by atoms with Crippen molar-refractivity contribution < 1.29 is 22.7 Å². The van der Waals surface area contributed by atoms with Gasteiger partial charge >= 0.3 is 6.18 Å². The van der Waals surface area contributed by atoms with Gasteiger partial charge in [0.05, 0.1) is 48.8 Å². The molecule has 2 fully saturated rings. The third kappa shape index (κ3) is 6.28. The lowest BCUT2D eigenvalue weighted by Crippen LogP contribution is -2.63. The van der Waals surface area contributed by atoms with Crippen molar-refractivity contribution in [2.45, 2.75) is 44.4 Å². The number of hydrogen-bond donors (Lipinski definition) is 2. The summed E-state index contributed by atoms with van der Waals surface area (Å²) in [7, 11) is 0. The molecule has 5 rings (SSSR count). The number of pyridine rings is 1. The Labute approximate surface area is 239 Å². The molecule has 1 saturated heterocycles. The van der Waals surface area contributed by atoms with Gasteiger partial charge in [-0.1, -0.05) is 12.2 Å². The molecule has 218 valence electrons. The maximum absolute atomic E-state index is 13.3. The first-order valence-electron chi connectivity index (χ1n) is 13.3. The number of alkyl halides is 3. The Hall–Kier alpha value is -3.77. The van der Waals surface area contributed by atoms with Crippen LogP contribution in [0.3, 0.4) is 0 Å². The van der Waals surface area contributed by atoms with Crippen molar-refractivity contribution in [1.82, 2.24) is 20.1 Å². The molecule has 1 aliphatic carbocycles. The van der Waals surface area contributed by atoms with Crippen molar-refractivity contribution in [2.24, 2.45) is 5.92 Å². The van der Waals surface area contributed by atoms with Crippen LogP contribution in [0.25, 0.3) is 0 Å². The molecule has 0 bridgehead atoms. The fourth-order valence-electron chi connectivity index (χ4n) is 5.12. The number of carbonyl (C=O) groups excluding carboxylic acids is 1. The van der Waals surface area contributed by atoms with Gasteiger partial charge in [0, 0.05) is 38.4 Å². The zero-order chi connectivity index (χ0) is 29.3. The van der Waals surface area contributed by atoms with Crippen LogP contribution in [0.5, 0.6) is 0 Å². The average Bonchev–Trinajstić information content (AvgIpc) is 3.76. The number of H-pyrrole nitrogens is 1. The number of thiocarbonyl (C=S) groups is 1. The molecule has 2 aliphatic heterocycles. The monoisotopic (exact) mass is 590 g/mol. The predicted octanol–water partition coefficient (Wildman–Crippen LogP) is 2.54. The van der Waals surface area contributed by atoms with Crippen LogP contribution in [0.1, 0.15) is 37.3 Å². The second-order valence-corrected chi connectivity index (χ2v) is 10.9. The van der Waals surface area contributed by atoms with Gasteiger partial charge in [-0.3, -0.25) is 9.59 Å². The summed E-state index contributed by atoms with van der Waals surface area (Å²) in [6.45, 7) is 3.86. The van der Waals surface area contributed by atoms with Crippen molar-refractivity contribution in [1.29, 1.82) is 5.26 Å². The molecule has 1 amide bonds. The summed E-state index contributed by atoms with van der Waals surface area (Å²) in [5.41, 5.74) is -1.82. The molecule has 41 heavy (non-hydrogen) atoms. The molecule has 1 saturated carbocycles. The molecular weight excluding hydrogens is 561 g/mol. The van der Waals surface area contributed by atoms with Gasteiger partial charge in [-0.05, 0) is 31.7 Å². The van der Waals surface area contributed by atoms with Crippen LogP contribution in [-0.2, 0) is 15.7 Å². The normalized spacial score (nSPS) is 19.3. The summed E-state index contributed by atoms with van der Waals surface area (Å²) < 4.78 is 45.3. The standard InChI is InChI=1S/C26H29F3N8O3S/c1-15(33-18-11-32-34-24(39)22(18)26(27,28)29)14-40-7-4-21(38)35-5-6-36-20(13-35)25(41)37(12-16-2-3-16)19-8-17(9-30)10-31-23(19)36/h8,10-11,15-16,20H,2-7,12-14H2,1H3,(H2,33,34,39)/t15-,20+/m0/s1. The van der Waals surface area contributed by atoms with E-state index in [2.05, 4.69) is 31.3 Å². The Morgan fingerprint density at radius 2 is 2.12 bits per heavy atom. The van der Waals surface area contributed by atoms with E-state index in [1.54, 1.807) is 23.1 Å². The van der Waals surface area contributed by atoms with Crippen molar-refractivity contribution >= 4 is 40.3 Å². The van der Waals surface area contributed by atoms with Gasteiger partial charge < -0.3 is 24.8 Å². The maximum atomic E-state index is 13.3. The van der Waals surface area contributed by atoms with E-state index in [-0.39, 0.29) is 31.6 Å². The summed E-state index contributed by atoms with van der Waals surface area (Å²) in [5.74, 6) is 1.20. The van der Waals surface area contributed by atoms with E-state index in [4.69, 9.17) is 17.0 Å². The number of fused-ring (bicyclic) bond motifs is 3. The van der Waals surface area contributed by atoms with Crippen molar-refractivity contribution in [3.8, 4) is 6.07 Å². The van der Waals surface area contributed by atoms with E-state index >= 15 is 0 Å². The van der Waals surface area contributed by atoms with Crippen LogP contribution in [-0.4, -0.2) is 82.5 Å². The minimum Gasteiger partial charge on any atom is -0.379 e. The van der Waals surface area contributed by atoms with E-state index in [0.29, 0.717) is 36.1 Å². The van der Waals surface area contributed by atoms with Crippen LogP contribution >= 0.6 is 12.2 Å². The highest BCUT2D eigenvalue weighted by Crippen LogP contribution is 2.40. The topological polar surface area (TPSA) is 130 Å². The molecule has 0 unspecified atom stereocenters. The van der Waals surface area contributed by atoms with E-state index in [0.717, 1.165) is 37.1 Å². The second kappa shape index (κ2) is 11.6. The van der Waals surface area contributed by atoms with Gasteiger partial charge in [-0.25, -0.2) is 10.1 Å². The number of nitriles is 1. The lowest BCUT2D eigenvalue weighted by molar-refractivity contribution is -0.138. The number of halogens is 3. The summed E-state index contributed by atoms with van der Waals surface area (Å²) in [6.07, 6.45) is -0.0158. The number of nitrogens with one attached hydrogen (secondary N) is 2. The first-order chi connectivity index (χ1) is 19.6. The van der Waals surface area contributed by atoms with Crippen LogP contribution in [0, 0.1) is 17.2 Å². The SMILES string of the molecule is C[C@@H](COCCC(=O)N1CCN2c3ncc(C#N)cc3N(CC3CC3)C(=S)[C@H]2C1)Nc1cn[nH]c(=O)c1C(F)(F)F. The van der Waals surface area contributed by atoms with E-state index in [1.807, 2.05) is 6.07 Å². The molecule has 2 atom stereocenters. The number of ether oxygens (including phenoxy) is 1. The molecule has 3 aliphatic rings. The van der Waals surface area contributed by atoms with Gasteiger partial charge in [-0.15, -0.1) is 0 Å². The third-order valence-corrected chi connectivity index (χ3v) is 7.82. The fraction of sp³-hybridized carbons (Fsp3) is 0.538. The van der Waals surface area contributed by atoms with Crippen molar-refractivity contribution in [3.63, 3.8) is 0 Å². The largest absolute Gasteiger partial charge is 0.423 e. The molecule has 4 heterocycles. The van der Waals surface area contributed by atoms with E-state index in [1.165, 1.54) is 0 Å². The van der Waals surface area contributed by atoms with Crippen molar-refractivity contribution in [3.05, 3.63) is 39.9 Å². The number of aromatic nitrogens is 3. The number of amides is 1. The second-order valence-electron chi connectivity index (χ2n) is 10.5. The van der Waals surface area contributed by atoms with Crippen LogP contribution < -0.4 is 20.7 Å². The van der Waals surface area contributed by atoms with Gasteiger partial charge in [0.2, 0.25) is 5.91 Å². The quantitative estimate of drug-likeness (QED) is 0.332. The minimum absolute atomic E-state index is 0.0150. The molecule has 15 heteroatoms. The van der Waals surface area contributed by atoms with E-state index < -0.39 is 29.0 Å². The smallest absolute Gasteiger partial charge is 0.379 e. The molecule has 0 aromatic carbocycles. The van der Waals surface area contributed by atoms with Crippen molar-refractivity contribution in [2.75, 3.05) is 54.5 Å². The molecule has 2 aromatic rings. The highest BCUT2D eigenvalue weighted by molar-refractivity contribution is 7.80.